The fraction of sp³-hybridized carbons (Fsp3) is 0.500. The van der Waals surface area contributed by atoms with Gasteiger partial charge in [-0.1, -0.05) is 26.0 Å². The molecule has 1 aromatic rings. The van der Waals surface area contributed by atoms with Crippen molar-refractivity contribution in [3.05, 3.63) is 29.8 Å². The van der Waals surface area contributed by atoms with E-state index >= 15 is 0 Å². The van der Waals surface area contributed by atoms with Gasteiger partial charge in [-0.3, -0.25) is 4.79 Å². The van der Waals surface area contributed by atoms with E-state index in [9.17, 15) is 13.2 Å². The van der Waals surface area contributed by atoms with Gasteiger partial charge in [-0.05, 0) is 37.0 Å². The molecule has 0 aliphatic rings. The van der Waals surface area contributed by atoms with Crippen LogP contribution in [0.1, 0.15) is 32.3 Å². The number of carbonyl (C=O) groups excluding carboxylic acids is 1. The summed E-state index contributed by atoms with van der Waals surface area (Å²) in [5.41, 5.74) is 6.09. The first-order valence-corrected chi connectivity index (χ1v) is 8.46. The van der Waals surface area contributed by atoms with Gasteiger partial charge in [0.1, 0.15) is 0 Å². The van der Waals surface area contributed by atoms with Gasteiger partial charge in [0.2, 0.25) is 15.9 Å². The molecule has 0 aromatic heterocycles. The average molecular weight is 313 g/mol. The zero-order chi connectivity index (χ0) is 16.1. The molecule has 0 unspecified atom stereocenters. The van der Waals surface area contributed by atoms with E-state index in [4.69, 9.17) is 10.9 Å². The molecule has 0 spiro atoms. The number of benzene rings is 1. The van der Waals surface area contributed by atoms with Crippen LogP contribution in [0.4, 0.5) is 0 Å². The third-order valence-corrected chi connectivity index (χ3v) is 4.59. The van der Waals surface area contributed by atoms with E-state index in [1.54, 1.807) is 12.1 Å². The molecule has 0 radical (unpaired) electrons. The van der Waals surface area contributed by atoms with Crippen LogP contribution in [0, 0.1) is 0 Å². The van der Waals surface area contributed by atoms with E-state index < -0.39 is 15.6 Å². The van der Waals surface area contributed by atoms with Gasteiger partial charge in [-0.15, -0.1) is 0 Å². The first kappa shape index (κ1) is 17.6. The number of primary sulfonamides is 1. The maximum atomic E-state index is 12.0. The predicted molar refractivity (Wildman–Crippen MR) is 82.0 cm³/mol. The lowest BCUT2D eigenvalue weighted by Crippen LogP contribution is -2.53. The molecule has 1 rings (SSSR count). The molecule has 21 heavy (non-hydrogen) atoms. The topological polar surface area (TPSA) is 115 Å². The van der Waals surface area contributed by atoms with Crippen molar-refractivity contribution in [1.29, 1.82) is 0 Å². The Balaban J connectivity index is 2.55. The molecular weight excluding hydrogens is 290 g/mol. The van der Waals surface area contributed by atoms with Gasteiger partial charge >= 0.3 is 0 Å². The normalized spacial score (nSPS) is 12.2. The molecule has 5 N–H and O–H groups in total. The highest BCUT2D eigenvalue weighted by Gasteiger charge is 2.29. The fourth-order valence-electron chi connectivity index (χ4n) is 1.91. The summed E-state index contributed by atoms with van der Waals surface area (Å²) in [4.78, 5) is 12.0. The van der Waals surface area contributed by atoms with Crippen LogP contribution in [-0.2, 0) is 21.2 Å². The van der Waals surface area contributed by atoms with Crippen LogP contribution in [0.5, 0.6) is 0 Å². The molecule has 0 saturated carbocycles. The monoisotopic (exact) mass is 313 g/mol. The van der Waals surface area contributed by atoms with Gasteiger partial charge in [0.25, 0.3) is 0 Å². The van der Waals surface area contributed by atoms with E-state index in [-0.39, 0.29) is 10.8 Å². The second kappa shape index (κ2) is 7.02. The summed E-state index contributed by atoms with van der Waals surface area (Å²) in [7, 11) is -3.67. The minimum atomic E-state index is -3.67. The lowest BCUT2D eigenvalue weighted by molar-refractivity contribution is -0.126. The van der Waals surface area contributed by atoms with Crippen LogP contribution >= 0.6 is 0 Å². The van der Waals surface area contributed by atoms with Crippen molar-refractivity contribution in [2.75, 3.05) is 6.54 Å². The second-order valence-corrected chi connectivity index (χ2v) is 6.62. The van der Waals surface area contributed by atoms with Crippen LogP contribution in [0.25, 0.3) is 0 Å². The molecule has 0 saturated heterocycles. The van der Waals surface area contributed by atoms with Crippen molar-refractivity contribution in [2.24, 2.45) is 10.9 Å². The molecule has 1 aromatic carbocycles. The Morgan fingerprint density at radius 3 is 2.14 bits per heavy atom. The SMILES string of the molecule is CCC(N)(CC)C(=O)NCCc1ccc(S(N)(=O)=O)cc1. The first-order valence-electron chi connectivity index (χ1n) is 6.92. The molecule has 0 fully saturated rings. The summed E-state index contributed by atoms with van der Waals surface area (Å²) >= 11 is 0. The lowest BCUT2D eigenvalue weighted by Gasteiger charge is -2.25. The highest BCUT2D eigenvalue weighted by molar-refractivity contribution is 7.89. The molecule has 7 heteroatoms. The molecule has 0 bridgehead atoms. The van der Waals surface area contributed by atoms with Gasteiger partial charge in [-0.2, -0.15) is 0 Å². The number of rotatable bonds is 7. The smallest absolute Gasteiger partial charge is 0.240 e. The summed E-state index contributed by atoms with van der Waals surface area (Å²) in [6.45, 7) is 4.22. The van der Waals surface area contributed by atoms with E-state index in [1.165, 1.54) is 12.1 Å². The summed E-state index contributed by atoms with van der Waals surface area (Å²) < 4.78 is 22.3. The van der Waals surface area contributed by atoms with Crippen molar-refractivity contribution in [3.8, 4) is 0 Å². The van der Waals surface area contributed by atoms with Crippen LogP contribution in [0.15, 0.2) is 29.2 Å². The number of nitrogens with one attached hydrogen (secondary N) is 1. The third kappa shape index (κ3) is 4.80. The quantitative estimate of drug-likeness (QED) is 0.680. The Kier molecular flexibility index (Phi) is 5.88. The van der Waals surface area contributed by atoms with Crippen LogP contribution in [0.3, 0.4) is 0 Å². The van der Waals surface area contributed by atoms with Crippen LogP contribution < -0.4 is 16.2 Å². The minimum Gasteiger partial charge on any atom is -0.354 e. The van der Waals surface area contributed by atoms with Gasteiger partial charge in [-0.25, -0.2) is 13.6 Å². The minimum absolute atomic E-state index is 0.0771. The summed E-state index contributed by atoms with van der Waals surface area (Å²) in [5.74, 6) is -0.159. The zero-order valence-corrected chi connectivity index (χ0v) is 13.2. The maximum absolute atomic E-state index is 12.0. The molecule has 118 valence electrons. The van der Waals surface area contributed by atoms with Crippen LogP contribution in [-0.4, -0.2) is 26.4 Å². The predicted octanol–water partition coefficient (Wildman–Crippen LogP) is 0.510. The molecule has 6 nitrogen and oxygen atoms in total. The molecule has 0 aliphatic heterocycles. The van der Waals surface area contributed by atoms with E-state index in [0.717, 1.165) is 5.56 Å². The van der Waals surface area contributed by atoms with Gasteiger partial charge < -0.3 is 11.1 Å². The largest absolute Gasteiger partial charge is 0.354 e. The number of hydrogen-bond donors (Lipinski definition) is 3. The number of amides is 1. The summed E-state index contributed by atoms with van der Waals surface area (Å²) in [5, 5.41) is 7.84. The number of hydrogen-bond acceptors (Lipinski definition) is 4. The number of nitrogens with two attached hydrogens (primary N) is 2. The molecule has 1 amide bonds. The van der Waals surface area contributed by atoms with E-state index in [0.29, 0.717) is 25.8 Å². The average Bonchev–Trinajstić information content (AvgIpc) is 2.45. The maximum Gasteiger partial charge on any atom is 0.240 e. The van der Waals surface area contributed by atoms with Crippen molar-refractivity contribution >= 4 is 15.9 Å². The number of sulfonamides is 1. The molecular formula is C14H23N3O3S. The van der Waals surface area contributed by atoms with Crippen molar-refractivity contribution in [3.63, 3.8) is 0 Å². The Hall–Kier alpha value is -1.44. The lowest BCUT2D eigenvalue weighted by atomic mass is 9.93. The van der Waals surface area contributed by atoms with E-state index in [2.05, 4.69) is 5.32 Å². The van der Waals surface area contributed by atoms with Gasteiger partial charge in [0.15, 0.2) is 0 Å². The van der Waals surface area contributed by atoms with Gasteiger partial charge in [0, 0.05) is 6.54 Å². The zero-order valence-electron chi connectivity index (χ0n) is 12.4. The van der Waals surface area contributed by atoms with Crippen molar-refractivity contribution < 1.29 is 13.2 Å². The second-order valence-electron chi connectivity index (χ2n) is 5.06. The Labute approximate surface area is 126 Å². The third-order valence-electron chi connectivity index (χ3n) is 3.67. The Bertz CT molecular complexity index is 578. The molecule has 0 atom stereocenters. The Morgan fingerprint density at radius 1 is 1.19 bits per heavy atom. The van der Waals surface area contributed by atoms with E-state index in [1.807, 2.05) is 13.8 Å². The summed E-state index contributed by atoms with van der Waals surface area (Å²) in [6, 6.07) is 6.28. The highest BCUT2D eigenvalue weighted by atomic mass is 32.2. The molecule has 0 heterocycles. The highest BCUT2D eigenvalue weighted by Crippen LogP contribution is 2.12. The first-order chi connectivity index (χ1) is 9.73. The fourth-order valence-corrected chi connectivity index (χ4v) is 2.43. The van der Waals surface area contributed by atoms with Crippen molar-refractivity contribution in [2.45, 2.75) is 43.5 Å². The van der Waals surface area contributed by atoms with Gasteiger partial charge in [0.05, 0.1) is 10.4 Å². The van der Waals surface area contributed by atoms with Crippen molar-refractivity contribution in [1.82, 2.24) is 5.32 Å². The Morgan fingerprint density at radius 2 is 1.71 bits per heavy atom. The van der Waals surface area contributed by atoms with Crippen LogP contribution in [0.2, 0.25) is 0 Å². The standard InChI is InChI=1S/C14H23N3O3S/c1-3-14(15,4-2)13(18)17-10-9-11-5-7-12(8-6-11)21(16,19)20/h5-8H,3-4,9-10,15H2,1-2H3,(H,17,18)(H2,16,19,20). The molecule has 0 aliphatic carbocycles. The summed E-state index contributed by atoms with van der Waals surface area (Å²) in [6.07, 6.45) is 1.76. The number of carbonyl (C=O) groups is 1.